The van der Waals surface area contributed by atoms with Gasteiger partial charge in [-0.25, -0.2) is 4.39 Å². The van der Waals surface area contributed by atoms with Gasteiger partial charge in [-0.2, -0.15) is 0 Å². The number of benzene rings is 1. The van der Waals surface area contributed by atoms with Crippen molar-refractivity contribution in [3.63, 3.8) is 0 Å². The van der Waals surface area contributed by atoms with E-state index in [2.05, 4.69) is 0 Å². The zero-order valence-electron chi connectivity index (χ0n) is 14.0. The molecule has 2 N–H and O–H groups in total. The highest BCUT2D eigenvalue weighted by Crippen LogP contribution is 2.40. The molecule has 3 rings (SSSR count). The summed E-state index contributed by atoms with van der Waals surface area (Å²) >= 11 is 0. The van der Waals surface area contributed by atoms with Crippen LogP contribution in [-0.4, -0.2) is 53.7 Å². The summed E-state index contributed by atoms with van der Waals surface area (Å²) in [6.45, 7) is 1.66. The topological polar surface area (TPSA) is 83.7 Å². The molecule has 2 heterocycles. The highest BCUT2D eigenvalue weighted by atomic mass is 19.1. The van der Waals surface area contributed by atoms with Gasteiger partial charge in [-0.3, -0.25) is 14.4 Å². The Kier molecular flexibility index (Phi) is 4.74. The molecular formula is C18H22FN3O3. The fraction of sp³-hybridized carbons (Fsp3) is 0.500. The van der Waals surface area contributed by atoms with E-state index < -0.39 is 5.91 Å². The number of likely N-dealkylation sites (tertiary alicyclic amines) is 2. The van der Waals surface area contributed by atoms with Gasteiger partial charge in [0.25, 0.3) is 5.91 Å². The van der Waals surface area contributed by atoms with Crippen LogP contribution in [0.15, 0.2) is 24.3 Å². The second-order valence-electron chi connectivity index (χ2n) is 7.02. The Balaban J connectivity index is 1.62. The molecule has 7 heteroatoms. The lowest BCUT2D eigenvalue weighted by molar-refractivity contribution is -0.142. The van der Waals surface area contributed by atoms with Crippen LogP contribution in [0.25, 0.3) is 0 Å². The molecule has 3 amide bonds. The van der Waals surface area contributed by atoms with Gasteiger partial charge in [0.15, 0.2) is 0 Å². The fourth-order valence-electron chi connectivity index (χ4n) is 3.80. The molecule has 134 valence electrons. The monoisotopic (exact) mass is 347 g/mol. The Morgan fingerprint density at radius 1 is 1.12 bits per heavy atom. The minimum atomic E-state index is -0.505. The molecule has 0 aliphatic carbocycles. The van der Waals surface area contributed by atoms with Crippen LogP contribution >= 0.6 is 0 Å². The molecule has 2 fully saturated rings. The molecule has 25 heavy (non-hydrogen) atoms. The standard InChI is InChI=1S/C18H22FN3O3/c19-14-3-1-13(2-4-14)17(25)21-9-7-18(8-10-21)6-5-16(24)22(12-18)11-15(20)23/h1-4H,5-12H2,(H2,20,23). The van der Waals surface area contributed by atoms with Crippen LogP contribution in [0.3, 0.4) is 0 Å². The predicted octanol–water partition coefficient (Wildman–Crippen LogP) is 1.16. The molecule has 0 radical (unpaired) electrons. The Morgan fingerprint density at radius 2 is 1.76 bits per heavy atom. The first-order valence-electron chi connectivity index (χ1n) is 8.49. The van der Waals surface area contributed by atoms with Gasteiger partial charge in [-0.05, 0) is 48.9 Å². The van der Waals surface area contributed by atoms with Crippen molar-refractivity contribution in [3.8, 4) is 0 Å². The molecule has 2 aliphatic heterocycles. The third-order valence-electron chi connectivity index (χ3n) is 5.30. The number of rotatable bonds is 3. The lowest BCUT2D eigenvalue weighted by atomic mass is 9.72. The lowest BCUT2D eigenvalue weighted by Gasteiger charge is -2.47. The number of nitrogens with zero attached hydrogens (tertiary/aromatic N) is 2. The van der Waals surface area contributed by atoms with Crippen molar-refractivity contribution in [2.45, 2.75) is 25.7 Å². The molecule has 2 aliphatic rings. The van der Waals surface area contributed by atoms with E-state index in [0.29, 0.717) is 31.6 Å². The molecule has 0 atom stereocenters. The fourth-order valence-corrected chi connectivity index (χ4v) is 3.80. The number of halogens is 1. The summed E-state index contributed by atoms with van der Waals surface area (Å²) in [6.07, 6.45) is 2.75. The molecule has 2 saturated heterocycles. The molecule has 6 nitrogen and oxygen atoms in total. The van der Waals surface area contributed by atoms with Gasteiger partial charge in [0.1, 0.15) is 5.82 Å². The summed E-state index contributed by atoms with van der Waals surface area (Å²) in [5.74, 6) is -1.00. The number of hydrogen-bond acceptors (Lipinski definition) is 3. The molecule has 0 saturated carbocycles. The van der Waals surface area contributed by atoms with Gasteiger partial charge in [-0.15, -0.1) is 0 Å². The minimum Gasteiger partial charge on any atom is -0.368 e. The average molecular weight is 347 g/mol. The summed E-state index contributed by atoms with van der Waals surface area (Å²) in [4.78, 5) is 39.0. The maximum atomic E-state index is 13.0. The second kappa shape index (κ2) is 6.82. The first kappa shape index (κ1) is 17.4. The quantitative estimate of drug-likeness (QED) is 0.890. The Labute approximate surface area is 145 Å². The number of carbonyl (C=O) groups excluding carboxylic acids is 3. The number of nitrogens with two attached hydrogens (primary N) is 1. The van der Waals surface area contributed by atoms with E-state index in [-0.39, 0.29) is 29.6 Å². The van der Waals surface area contributed by atoms with E-state index in [1.54, 1.807) is 9.80 Å². The molecule has 1 aromatic rings. The lowest BCUT2D eigenvalue weighted by Crippen LogP contribution is -2.53. The van der Waals surface area contributed by atoms with E-state index in [0.717, 1.165) is 19.3 Å². The number of primary amides is 1. The Morgan fingerprint density at radius 3 is 2.36 bits per heavy atom. The van der Waals surface area contributed by atoms with Crippen molar-refractivity contribution in [2.24, 2.45) is 11.1 Å². The number of piperidine rings is 2. The van der Waals surface area contributed by atoms with E-state index in [9.17, 15) is 18.8 Å². The van der Waals surface area contributed by atoms with Gasteiger partial charge in [0, 0.05) is 31.6 Å². The van der Waals surface area contributed by atoms with E-state index in [1.807, 2.05) is 0 Å². The van der Waals surface area contributed by atoms with Gasteiger partial charge < -0.3 is 15.5 Å². The minimum absolute atomic E-state index is 0.0331. The van der Waals surface area contributed by atoms with Crippen LogP contribution in [0.5, 0.6) is 0 Å². The van der Waals surface area contributed by atoms with E-state index in [1.165, 1.54) is 24.3 Å². The number of amides is 3. The summed E-state index contributed by atoms with van der Waals surface area (Å²) < 4.78 is 13.0. The van der Waals surface area contributed by atoms with Crippen LogP contribution in [-0.2, 0) is 9.59 Å². The molecule has 0 aromatic heterocycles. The molecular weight excluding hydrogens is 325 g/mol. The van der Waals surface area contributed by atoms with Gasteiger partial charge in [-0.1, -0.05) is 0 Å². The first-order chi connectivity index (χ1) is 11.9. The second-order valence-corrected chi connectivity index (χ2v) is 7.02. The zero-order chi connectivity index (χ0) is 18.0. The van der Waals surface area contributed by atoms with Crippen molar-refractivity contribution < 1.29 is 18.8 Å². The zero-order valence-corrected chi connectivity index (χ0v) is 14.0. The smallest absolute Gasteiger partial charge is 0.253 e. The summed E-state index contributed by atoms with van der Waals surface area (Å²) in [5.41, 5.74) is 5.65. The summed E-state index contributed by atoms with van der Waals surface area (Å²) in [5, 5.41) is 0. The van der Waals surface area contributed by atoms with Crippen LogP contribution in [0, 0.1) is 11.2 Å². The van der Waals surface area contributed by atoms with Crippen molar-refractivity contribution in [3.05, 3.63) is 35.6 Å². The average Bonchev–Trinajstić information content (AvgIpc) is 2.59. The number of carbonyl (C=O) groups is 3. The van der Waals surface area contributed by atoms with Crippen LogP contribution in [0.2, 0.25) is 0 Å². The maximum absolute atomic E-state index is 13.0. The molecule has 1 aromatic carbocycles. The third kappa shape index (κ3) is 3.81. The normalized spacial score (nSPS) is 20.0. The third-order valence-corrected chi connectivity index (χ3v) is 5.30. The van der Waals surface area contributed by atoms with Crippen LogP contribution in [0.4, 0.5) is 4.39 Å². The predicted molar refractivity (Wildman–Crippen MR) is 89.0 cm³/mol. The van der Waals surface area contributed by atoms with Gasteiger partial charge in [0.2, 0.25) is 11.8 Å². The van der Waals surface area contributed by atoms with Gasteiger partial charge in [0.05, 0.1) is 6.54 Å². The largest absolute Gasteiger partial charge is 0.368 e. The van der Waals surface area contributed by atoms with Crippen molar-refractivity contribution in [2.75, 3.05) is 26.2 Å². The molecule has 0 bridgehead atoms. The van der Waals surface area contributed by atoms with Crippen molar-refractivity contribution >= 4 is 17.7 Å². The van der Waals surface area contributed by atoms with Crippen LogP contribution in [0.1, 0.15) is 36.0 Å². The highest BCUT2D eigenvalue weighted by molar-refractivity contribution is 5.94. The molecule has 1 spiro atoms. The maximum Gasteiger partial charge on any atom is 0.253 e. The van der Waals surface area contributed by atoms with Crippen LogP contribution < -0.4 is 5.73 Å². The van der Waals surface area contributed by atoms with E-state index >= 15 is 0 Å². The molecule has 0 unspecified atom stereocenters. The van der Waals surface area contributed by atoms with Crippen molar-refractivity contribution in [1.29, 1.82) is 0 Å². The Bertz CT molecular complexity index is 681. The highest BCUT2D eigenvalue weighted by Gasteiger charge is 2.42. The SMILES string of the molecule is NC(=O)CN1CC2(CCC1=O)CCN(C(=O)c1ccc(F)cc1)CC2. The summed E-state index contributed by atoms with van der Waals surface area (Å²) in [7, 11) is 0. The Hall–Kier alpha value is -2.44. The first-order valence-corrected chi connectivity index (χ1v) is 8.49. The summed E-state index contributed by atoms with van der Waals surface area (Å²) in [6, 6.07) is 5.56. The van der Waals surface area contributed by atoms with Gasteiger partial charge >= 0.3 is 0 Å². The number of hydrogen-bond donors (Lipinski definition) is 1. The van der Waals surface area contributed by atoms with Crippen molar-refractivity contribution in [1.82, 2.24) is 9.80 Å². The van der Waals surface area contributed by atoms with E-state index in [4.69, 9.17) is 5.73 Å².